The molecular formula is C16H18N4O5S. The monoisotopic (exact) mass is 378 g/mol. The van der Waals surface area contributed by atoms with Gasteiger partial charge in [0, 0.05) is 43.9 Å². The van der Waals surface area contributed by atoms with Crippen LogP contribution in [0, 0.1) is 17.0 Å². The van der Waals surface area contributed by atoms with Crippen LogP contribution in [0.5, 0.6) is 0 Å². The molecule has 1 aliphatic heterocycles. The van der Waals surface area contributed by atoms with E-state index >= 15 is 0 Å². The summed E-state index contributed by atoms with van der Waals surface area (Å²) in [4.78, 5) is 31.3. The average Bonchev–Trinajstić information content (AvgIpc) is 2.56. The van der Waals surface area contributed by atoms with Crippen molar-refractivity contribution in [1.29, 1.82) is 0 Å². The second kappa shape index (κ2) is 6.61. The number of sulfone groups is 1. The quantitative estimate of drug-likeness (QED) is 0.477. The van der Waals surface area contributed by atoms with Crippen LogP contribution in [0.15, 0.2) is 28.2 Å². The van der Waals surface area contributed by atoms with E-state index in [9.17, 15) is 23.3 Å². The Morgan fingerprint density at radius 3 is 2.77 bits per heavy atom. The number of nitro groups is 1. The minimum Gasteiger partial charge on any atom is -0.297 e. The molecule has 1 aromatic heterocycles. The Morgan fingerprint density at radius 1 is 1.38 bits per heavy atom. The zero-order valence-corrected chi connectivity index (χ0v) is 15.2. The Morgan fingerprint density at radius 2 is 2.12 bits per heavy atom. The summed E-state index contributed by atoms with van der Waals surface area (Å²) in [5.41, 5.74) is 1.90. The van der Waals surface area contributed by atoms with Gasteiger partial charge in [0.25, 0.3) is 11.2 Å². The van der Waals surface area contributed by atoms with E-state index in [1.165, 1.54) is 0 Å². The molecule has 138 valence electrons. The zero-order chi connectivity index (χ0) is 19.1. The summed E-state index contributed by atoms with van der Waals surface area (Å²) in [5.74, 6) is 0. The maximum Gasteiger partial charge on any atom is 0.272 e. The summed E-state index contributed by atoms with van der Waals surface area (Å²) >= 11 is 0. The Labute approximate surface area is 149 Å². The summed E-state index contributed by atoms with van der Waals surface area (Å²) in [7, 11) is -3.58. The number of hydrogen-bond acceptors (Lipinski definition) is 7. The molecule has 0 spiro atoms. The van der Waals surface area contributed by atoms with Crippen molar-refractivity contribution in [2.24, 2.45) is 0 Å². The third-order valence-electron chi connectivity index (χ3n) is 4.35. The van der Waals surface area contributed by atoms with Gasteiger partial charge in [0.1, 0.15) is 0 Å². The zero-order valence-electron chi connectivity index (χ0n) is 14.4. The molecule has 0 fully saturated rings. The second-order valence-electron chi connectivity index (χ2n) is 6.41. The molecule has 1 aromatic carbocycles. The lowest BCUT2D eigenvalue weighted by molar-refractivity contribution is -0.385. The van der Waals surface area contributed by atoms with E-state index in [-0.39, 0.29) is 10.8 Å². The van der Waals surface area contributed by atoms with Crippen LogP contribution in [0.3, 0.4) is 0 Å². The van der Waals surface area contributed by atoms with Gasteiger partial charge >= 0.3 is 0 Å². The first-order chi connectivity index (χ1) is 12.1. The molecule has 0 atom stereocenters. The smallest absolute Gasteiger partial charge is 0.272 e. The first kappa shape index (κ1) is 18.2. The van der Waals surface area contributed by atoms with Gasteiger partial charge in [-0.1, -0.05) is 12.1 Å². The number of nitrogens with zero attached hydrogens (tertiary/aromatic N) is 3. The van der Waals surface area contributed by atoms with Gasteiger partial charge in [-0.05, 0) is 12.5 Å². The standard InChI is InChI=1S/C16H18N4O5S/c1-10-3-4-11(7-14(10)20(22)23)8-19-6-5-13-12(9-19)15(21)18-16(17-13)26(2,24)25/h3-4,7H,5-6,8-9H2,1-2H3,(H,17,18,21). The fraction of sp³-hybridized carbons (Fsp3) is 0.375. The van der Waals surface area contributed by atoms with Crippen LogP contribution in [0.4, 0.5) is 5.69 Å². The molecule has 0 aliphatic carbocycles. The highest BCUT2D eigenvalue weighted by Gasteiger charge is 2.24. The van der Waals surface area contributed by atoms with Gasteiger partial charge in [0.2, 0.25) is 15.0 Å². The number of fused-ring (bicyclic) bond motifs is 1. The molecular weight excluding hydrogens is 360 g/mol. The van der Waals surface area contributed by atoms with Crippen molar-refractivity contribution in [2.45, 2.75) is 31.6 Å². The number of benzene rings is 1. The molecule has 1 N–H and O–H groups in total. The topological polar surface area (TPSA) is 126 Å². The minimum absolute atomic E-state index is 0.0669. The van der Waals surface area contributed by atoms with Gasteiger partial charge in [-0.3, -0.25) is 24.8 Å². The first-order valence-corrected chi connectivity index (χ1v) is 9.82. The molecule has 0 unspecified atom stereocenters. The van der Waals surface area contributed by atoms with Crippen LogP contribution >= 0.6 is 0 Å². The lowest BCUT2D eigenvalue weighted by Crippen LogP contribution is -2.36. The van der Waals surface area contributed by atoms with Gasteiger partial charge in [-0.25, -0.2) is 13.4 Å². The Bertz CT molecular complexity index is 1050. The van der Waals surface area contributed by atoms with E-state index < -0.39 is 20.3 Å². The highest BCUT2D eigenvalue weighted by atomic mass is 32.2. The van der Waals surface area contributed by atoms with Crippen molar-refractivity contribution >= 4 is 15.5 Å². The Hall–Kier alpha value is -2.59. The fourth-order valence-corrected chi connectivity index (χ4v) is 3.53. The average molecular weight is 378 g/mol. The minimum atomic E-state index is -3.58. The highest BCUT2D eigenvalue weighted by Crippen LogP contribution is 2.22. The molecule has 0 saturated carbocycles. The van der Waals surface area contributed by atoms with Crippen molar-refractivity contribution in [3.8, 4) is 0 Å². The van der Waals surface area contributed by atoms with E-state index in [4.69, 9.17) is 0 Å². The largest absolute Gasteiger partial charge is 0.297 e. The van der Waals surface area contributed by atoms with E-state index in [0.29, 0.717) is 42.9 Å². The van der Waals surface area contributed by atoms with Crippen molar-refractivity contribution < 1.29 is 13.3 Å². The Balaban J connectivity index is 1.85. The van der Waals surface area contributed by atoms with Crippen LogP contribution in [-0.2, 0) is 29.3 Å². The number of aromatic amines is 1. The molecule has 0 bridgehead atoms. The van der Waals surface area contributed by atoms with Gasteiger partial charge < -0.3 is 0 Å². The van der Waals surface area contributed by atoms with E-state index in [2.05, 4.69) is 9.97 Å². The van der Waals surface area contributed by atoms with E-state index in [1.807, 2.05) is 11.0 Å². The lowest BCUT2D eigenvalue weighted by atomic mass is 10.1. The number of aromatic nitrogens is 2. The molecule has 26 heavy (non-hydrogen) atoms. The molecule has 2 heterocycles. The van der Waals surface area contributed by atoms with E-state index in [1.54, 1.807) is 19.1 Å². The lowest BCUT2D eigenvalue weighted by Gasteiger charge is -2.27. The van der Waals surface area contributed by atoms with Crippen molar-refractivity contribution in [1.82, 2.24) is 14.9 Å². The third kappa shape index (κ3) is 3.65. The van der Waals surface area contributed by atoms with Crippen LogP contribution in [0.25, 0.3) is 0 Å². The number of aryl methyl sites for hydroxylation is 1. The van der Waals surface area contributed by atoms with Crippen molar-refractivity contribution in [3.63, 3.8) is 0 Å². The summed E-state index contributed by atoms with van der Waals surface area (Å²) in [6.07, 6.45) is 1.44. The summed E-state index contributed by atoms with van der Waals surface area (Å²) in [5, 5.41) is 10.8. The molecule has 0 amide bonds. The number of rotatable bonds is 4. The van der Waals surface area contributed by atoms with Crippen LogP contribution < -0.4 is 5.56 Å². The van der Waals surface area contributed by atoms with Gasteiger partial charge in [0.05, 0.1) is 16.2 Å². The maximum absolute atomic E-state index is 12.2. The fourth-order valence-electron chi connectivity index (χ4n) is 2.98. The molecule has 10 heteroatoms. The predicted molar refractivity (Wildman–Crippen MR) is 93.6 cm³/mol. The first-order valence-electron chi connectivity index (χ1n) is 7.93. The van der Waals surface area contributed by atoms with Gasteiger partial charge in [-0.15, -0.1) is 0 Å². The summed E-state index contributed by atoms with van der Waals surface area (Å²) < 4.78 is 23.2. The highest BCUT2D eigenvalue weighted by molar-refractivity contribution is 7.90. The van der Waals surface area contributed by atoms with Crippen LogP contribution in [0.1, 0.15) is 22.4 Å². The van der Waals surface area contributed by atoms with Crippen molar-refractivity contribution in [2.75, 3.05) is 12.8 Å². The van der Waals surface area contributed by atoms with Gasteiger partial charge in [-0.2, -0.15) is 0 Å². The maximum atomic E-state index is 12.2. The number of H-pyrrole nitrogens is 1. The molecule has 0 radical (unpaired) electrons. The Kier molecular flexibility index (Phi) is 4.63. The SMILES string of the molecule is Cc1ccc(CN2CCc3nc(S(C)(=O)=O)[nH]c(=O)c3C2)cc1[N+](=O)[O-]. The number of nitrogens with one attached hydrogen (secondary N) is 1. The number of hydrogen-bond donors (Lipinski definition) is 1. The van der Waals surface area contributed by atoms with E-state index in [0.717, 1.165) is 11.8 Å². The molecule has 1 aliphatic rings. The number of nitro benzene ring substituents is 1. The summed E-state index contributed by atoms with van der Waals surface area (Å²) in [6.45, 7) is 3.02. The molecule has 0 saturated heterocycles. The van der Waals surface area contributed by atoms with Crippen LogP contribution in [-0.4, -0.2) is 41.0 Å². The summed E-state index contributed by atoms with van der Waals surface area (Å²) in [6, 6.07) is 5.07. The third-order valence-corrected chi connectivity index (χ3v) is 5.25. The molecule has 2 aromatic rings. The molecule has 9 nitrogen and oxygen atoms in total. The normalized spacial score (nSPS) is 14.8. The second-order valence-corrected chi connectivity index (χ2v) is 8.34. The van der Waals surface area contributed by atoms with Crippen LogP contribution in [0.2, 0.25) is 0 Å². The predicted octanol–water partition coefficient (Wildman–Crippen LogP) is 0.948. The van der Waals surface area contributed by atoms with Crippen molar-refractivity contribution in [3.05, 3.63) is 61.1 Å². The molecule has 3 rings (SSSR count). The van der Waals surface area contributed by atoms with Gasteiger partial charge in [0.15, 0.2) is 0 Å².